The Bertz CT molecular complexity index is 1440. The van der Waals surface area contributed by atoms with E-state index in [9.17, 15) is 14.4 Å². The number of benzene rings is 3. The molecule has 2 saturated heterocycles. The highest BCUT2D eigenvalue weighted by molar-refractivity contribution is 6.30. The van der Waals surface area contributed by atoms with Crippen molar-refractivity contribution in [2.45, 2.75) is 31.8 Å². The van der Waals surface area contributed by atoms with E-state index in [-0.39, 0.29) is 11.7 Å². The number of halogens is 1. The SMILES string of the molecule is CCCCOc1ccc(N2C(=O)[C@@H]3[C@H](C2=O)C2c4ccccc4C=NN2[C@@H]3C(=O)c2ccc(Cl)cc2)cc1. The third kappa shape index (κ3) is 3.89. The fourth-order valence-corrected chi connectivity index (χ4v) is 5.86. The van der Waals surface area contributed by atoms with Crippen molar-refractivity contribution in [3.63, 3.8) is 0 Å². The van der Waals surface area contributed by atoms with Crippen molar-refractivity contribution in [1.82, 2.24) is 5.01 Å². The monoisotopic (exact) mass is 527 g/mol. The Balaban J connectivity index is 1.39. The summed E-state index contributed by atoms with van der Waals surface area (Å²) < 4.78 is 5.74. The van der Waals surface area contributed by atoms with Crippen LogP contribution in [0.2, 0.25) is 5.02 Å². The summed E-state index contributed by atoms with van der Waals surface area (Å²) in [7, 11) is 0. The lowest BCUT2D eigenvalue weighted by Crippen LogP contribution is -2.44. The van der Waals surface area contributed by atoms with E-state index >= 15 is 0 Å². The maximum Gasteiger partial charge on any atom is 0.240 e. The fourth-order valence-electron chi connectivity index (χ4n) is 5.73. The Morgan fingerprint density at radius 2 is 1.66 bits per heavy atom. The second kappa shape index (κ2) is 9.72. The maximum absolute atomic E-state index is 14.0. The minimum atomic E-state index is -0.922. The van der Waals surface area contributed by atoms with Crippen LogP contribution in [0.4, 0.5) is 5.69 Å². The molecule has 0 N–H and O–H groups in total. The predicted molar refractivity (Wildman–Crippen MR) is 145 cm³/mol. The molecule has 0 bridgehead atoms. The molecular formula is C30H26ClN3O4. The maximum atomic E-state index is 14.0. The third-order valence-electron chi connectivity index (χ3n) is 7.55. The molecule has 0 saturated carbocycles. The molecule has 0 aliphatic carbocycles. The summed E-state index contributed by atoms with van der Waals surface area (Å²) >= 11 is 6.05. The van der Waals surface area contributed by atoms with Gasteiger partial charge in [-0.1, -0.05) is 49.2 Å². The van der Waals surface area contributed by atoms with Crippen molar-refractivity contribution in [3.8, 4) is 5.75 Å². The number of hydrogen-bond acceptors (Lipinski definition) is 6. The highest BCUT2D eigenvalue weighted by atomic mass is 35.5. The predicted octanol–water partition coefficient (Wildman–Crippen LogP) is 5.28. The molecule has 8 heteroatoms. The van der Waals surface area contributed by atoms with Gasteiger partial charge < -0.3 is 4.74 Å². The van der Waals surface area contributed by atoms with E-state index in [2.05, 4.69) is 12.0 Å². The Labute approximate surface area is 225 Å². The van der Waals surface area contributed by atoms with Gasteiger partial charge in [0.15, 0.2) is 5.78 Å². The number of imide groups is 1. The van der Waals surface area contributed by atoms with E-state index < -0.39 is 29.8 Å². The van der Waals surface area contributed by atoms with Gasteiger partial charge in [-0.25, -0.2) is 4.90 Å². The lowest BCUT2D eigenvalue weighted by molar-refractivity contribution is -0.124. The van der Waals surface area contributed by atoms with Crippen LogP contribution in [0.5, 0.6) is 5.75 Å². The number of ketones is 1. The van der Waals surface area contributed by atoms with Gasteiger partial charge in [-0.3, -0.25) is 19.4 Å². The largest absolute Gasteiger partial charge is 0.494 e. The van der Waals surface area contributed by atoms with Crippen LogP contribution in [-0.2, 0) is 9.59 Å². The molecule has 192 valence electrons. The molecule has 6 rings (SSSR count). The van der Waals surface area contributed by atoms with Crippen LogP contribution in [0.15, 0.2) is 77.9 Å². The standard InChI is InChI=1S/C30H26ClN3O4/c1-2-3-16-38-22-14-12-21(13-15-22)33-29(36)24-25(30(33)37)27(28(35)18-8-10-20(31)11-9-18)34-26(24)23-7-5-4-6-19(23)17-32-34/h4-15,17,24-27H,2-3,16H2,1H3/t24-,25+,26?,27-/m0/s1. The number of fused-ring (bicyclic) bond motifs is 5. The van der Waals surface area contributed by atoms with Crippen molar-refractivity contribution in [2.75, 3.05) is 11.5 Å². The van der Waals surface area contributed by atoms with Gasteiger partial charge >= 0.3 is 0 Å². The molecule has 3 aromatic carbocycles. The van der Waals surface area contributed by atoms with Crippen molar-refractivity contribution < 1.29 is 19.1 Å². The number of unbranched alkanes of at least 4 members (excludes halogenated alkanes) is 1. The summed E-state index contributed by atoms with van der Waals surface area (Å²) in [6.07, 6.45) is 3.66. The zero-order chi connectivity index (χ0) is 26.4. The Kier molecular flexibility index (Phi) is 6.24. The Morgan fingerprint density at radius 1 is 0.947 bits per heavy atom. The first-order valence-corrected chi connectivity index (χ1v) is 13.2. The van der Waals surface area contributed by atoms with Gasteiger partial charge in [0.2, 0.25) is 11.8 Å². The number of Topliss-reactive ketones (excluding diaryl/α,β-unsaturated/α-hetero) is 1. The number of amides is 2. The van der Waals surface area contributed by atoms with Gasteiger partial charge in [0.05, 0.1) is 36.4 Å². The normalized spacial score (nSPS) is 23.3. The second-order valence-corrected chi connectivity index (χ2v) is 10.2. The summed E-state index contributed by atoms with van der Waals surface area (Å²) in [6.45, 7) is 2.70. The number of hydrogen-bond donors (Lipinski definition) is 0. The minimum Gasteiger partial charge on any atom is -0.494 e. The molecule has 0 aromatic heterocycles. The van der Waals surface area contributed by atoms with Crippen LogP contribution < -0.4 is 9.64 Å². The topological polar surface area (TPSA) is 79.3 Å². The van der Waals surface area contributed by atoms with E-state index in [1.54, 1.807) is 59.8 Å². The number of hydrazone groups is 1. The van der Waals surface area contributed by atoms with Crippen LogP contribution in [-0.4, -0.2) is 41.5 Å². The van der Waals surface area contributed by atoms with Gasteiger partial charge in [-0.05, 0) is 66.1 Å². The minimum absolute atomic E-state index is 0.265. The zero-order valence-corrected chi connectivity index (χ0v) is 21.5. The van der Waals surface area contributed by atoms with Gasteiger partial charge in [0.25, 0.3) is 0 Å². The molecule has 3 aliphatic heterocycles. The van der Waals surface area contributed by atoms with Crippen LogP contribution in [0.25, 0.3) is 0 Å². The first-order chi connectivity index (χ1) is 18.5. The smallest absolute Gasteiger partial charge is 0.240 e. The Hall–Kier alpha value is -3.97. The molecular weight excluding hydrogens is 502 g/mol. The molecule has 3 aromatic rings. The molecule has 2 fully saturated rings. The van der Waals surface area contributed by atoms with Crippen molar-refractivity contribution in [2.24, 2.45) is 16.9 Å². The highest BCUT2D eigenvalue weighted by Gasteiger charge is 2.65. The molecule has 2 amide bonds. The van der Waals surface area contributed by atoms with Gasteiger partial charge in [-0.2, -0.15) is 5.10 Å². The van der Waals surface area contributed by atoms with E-state index in [4.69, 9.17) is 16.3 Å². The molecule has 1 unspecified atom stereocenters. The van der Waals surface area contributed by atoms with E-state index in [1.165, 1.54) is 4.90 Å². The van der Waals surface area contributed by atoms with Gasteiger partial charge in [0.1, 0.15) is 11.8 Å². The van der Waals surface area contributed by atoms with Gasteiger partial charge in [-0.15, -0.1) is 0 Å². The fraction of sp³-hybridized carbons (Fsp3) is 0.267. The van der Waals surface area contributed by atoms with Crippen molar-refractivity contribution in [3.05, 3.63) is 94.5 Å². The van der Waals surface area contributed by atoms with Crippen LogP contribution in [0.3, 0.4) is 0 Å². The van der Waals surface area contributed by atoms with E-state index in [0.29, 0.717) is 28.6 Å². The van der Waals surface area contributed by atoms with E-state index in [0.717, 1.165) is 24.0 Å². The number of carbonyl (C=O) groups is 3. The number of anilines is 1. The van der Waals surface area contributed by atoms with E-state index in [1.807, 2.05) is 24.3 Å². The van der Waals surface area contributed by atoms with Gasteiger partial charge in [0, 0.05) is 10.6 Å². The number of nitrogens with zero attached hydrogens (tertiary/aromatic N) is 3. The van der Waals surface area contributed by atoms with Crippen molar-refractivity contribution >= 4 is 41.1 Å². The quantitative estimate of drug-likeness (QED) is 0.237. The highest BCUT2D eigenvalue weighted by Crippen LogP contribution is 2.53. The van der Waals surface area contributed by atoms with Crippen LogP contribution in [0.1, 0.15) is 47.3 Å². The average molecular weight is 528 g/mol. The average Bonchev–Trinajstić information content (AvgIpc) is 3.41. The number of rotatable bonds is 7. The molecule has 3 aliphatic rings. The molecule has 38 heavy (non-hydrogen) atoms. The summed E-state index contributed by atoms with van der Waals surface area (Å²) in [6, 6.07) is 19.8. The third-order valence-corrected chi connectivity index (χ3v) is 7.80. The molecule has 0 spiro atoms. The summed E-state index contributed by atoms with van der Waals surface area (Å²) in [5.74, 6) is -1.93. The first-order valence-electron chi connectivity index (χ1n) is 12.8. The molecule has 7 nitrogen and oxygen atoms in total. The number of ether oxygens (including phenoxy) is 1. The lowest BCUT2D eigenvalue weighted by atomic mass is 9.83. The zero-order valence-electron chi connectivity index (χ0n) is 20.8. The number of carbonyl (C=O) groups excluding carboxylic acids is 3. The van der Waals surface area contributed by atoms with Crippen LogP contribution in [0, 0.1) is 11.8 Å². The molecule has 0 radical (unpaired) electrons. The first kappa shape index (κ1) is 24.4. The Morgan fingerprint density at radius 3 is 2.39 bits per heavy atom. The summed E-state index contributed by atoms with van der Waals surface area (Å²) in [5.41, 5.74) is 2.64. The molecule has 3 heterocycles. The lowest BCUT2D eigenvalue weighted by Gasteiger charge is -2.33. The molecule has 4 atom stereocenters. The second-order valence-electron chi connectivity index (χ2n) is 9.77. The summed E-state index contributed by atoms with van der Waals surface area (Å²) in [5, 5.41) is 6.76. The van der Waals surface area contributed by atoms with Crippen molar-refractivity contribution in [1.29, 1.82) is 0 Å². The van der Waals surface area contributed by atoms with Crippen LogP contribution >= 0.6 is 11.6 Å². The summed E-state index contributed by atoms with van der Waals surface area (Å²) in [4.78, 5) is 43.0.